The molecule has 0 aromatic heterocycles. The molecule has 0 radical (unpaired) electrons. The van der Waals surface area contributed by atoms with E-state index in [1.165, 1.54) is 5.71 Å². The summed E-state index contributed by atoms with van der Waals surface area (Å²) >= 11 is 0. The van der Waals surface area contributed by atoms with Crippen molar-refractivity contribution in [2.24, 2.45) is 4.99 Å². The summed E-state index contributed by atoms with van der Waals surface area (Å²) in [7, 11) is 0. The predicted octanol–water partition coefficient (Wildman–Crippen LogP) is 0.193. The smallest absolute Gasteiger partial charge is 0.0958 e. The Morgan fingerprint density at radius 2 is 2.20 bits per heavy atom. The maximum Gasteiger partial charge on any atom is 0.0958 e. The average Bonchev–Trinajstić information content (AvgIpc) is 1.90. The molecule has 1 aliphatic rings. The zero-order valence-corrected chi connectivity index (χ0v) is 7.15. The lowest BCUT2D eigenvalue weighted by atomic mass is 9.98. The van der Waals surface area contributed by atoms with Gasteiger partial charge in [-0.25, -0.2) is 0 Å². The second kappa shape index (κ2) is 2.70. The van der Waals surface area contributed by atoms with E-state index in [1.54, 1.807) is 0 Å². The minimum Gasteiger partial charge on any atom is -0.340 e. The third kappa shape index (κ3) is 2.10. The van der Waals surface area contributed by atoms with E-state index in [1.807, 2.05) is 0 Å². The summed E-state index contributed by atoms with van der Waals surface area (Å²) in [4.78, 5) is 4.40. The van der Waals surface area contributed by atoms with Crippen LogP contribution >= 0.6 is 0 Å². The third-order valence-electron chi connectivity index (χ3n) is 1.92. The number of hydrogen-bond acceptors (Lipinski definition) is 1. The van der Waals surface area contributed by atoms with Gasteiger partial charge in [0.1, 0.15) is 0 Å². The fraction of sp³-hybridized carbons (Fsp3) is 0.875. The molecule has 1 heterocycles. The molecule has 0 fully saturated rings. The molecular weight excluding hydrogens is 124 g/mol. The molecule has 0 atom stereocenters. The van der Waals surface area contributed by atoms with Crippen molar-refractivity contribution in [3.05, 3.63) is 0 Å². The van der Waals surface area contributed by atoms with Gasteiger partial charge in [-0.3, -0.25) is 4.99 Å². The Morgan fingerprint density at radius 3 is 2.90 bits per heavy atom. The van der Waals surface area contributed by atoms with E-state index in [9.17, 15) is 0 Å². The van der Waals surface area contributed by atoms with Gasteiger partial charge in [0, 0.05) is 12.1 Å². The third-order valence-corrected chi connectivity index (χ3v) is 1.92. The molecule has 0 aliphatic carbocycles. The Bertz CT molecular complexity index is 147. The maximum absolute atomic E-state index is 4.40. The highest BCUT2D eigenvalue weighted by molar-refractivity contribution is 5.82. The predicted molar refractivity (Wildman–Crippen MR) is 43.5 cm³/mol. The molecule has 2 nitrogen and oxygen atoms in total. The van der Waals surface area contributed by atoms with Gasteiger partial charge in [-0.05, 0) is 20.8 Å². The first kappa shape index (κ1) is 7.73. The monoisotopic (exact) mass is 141 g/mol. The number of nitrogens with two attached hydrogens (primary N) is 1. The molecule has 0 saturated carbocycles. The number of quaternary nitrogens is 1. The van der Waals surface area contributed by atoms with Gasteiger partial charge >= 0.3 is 0 Å². The van der Waals surface area contributed by atoms with Crippen molar-refractivity contribution < 1.29 is 5.32 Å². The van der Waals surface area contributed by atoms with Crippen molar-refractivity contribution >= 4 is 5.71 Å². The summed E-state index contributed by atoms with van der Waals surface area (Å²) in [5.41, 5.74) is 1.68. The Morgan fingerprint density at radius 1 is 1.50 bits per heavy atom. The minimum absolute atomic E-state index is 0.379. The summed E-state index contributed by atoms with van der Waals surface area (Å²) in [5.74, 6) is 0. The summed E-state index contributed by atoms with van der Waals surface area (Å²) in [6.07, 6.45) is 1.13. The van der Waals surface area contributed by atoms with Crippen LogP contribution in [0, 0.1) is 0 Å². The van der Waals surface area contributed by atoms with Crippen molar-refractivity contribution in [1.82, 2.24) is 0 Å². The summed E-state index contributed by atoms with van der Waals surface area (Å²) in [5, 5.41) is 2.38. The maximum atomic E-state index is 4.40. The van der Waals surface area contributed by atoms with Gasteiger partial charge in [-0.1, -0.05) is 0 Å². The Balaban J connectivity index is 2.60. The van der Waals surface area contributed by atoms with Gasteiger partial charge in [0.25, 0.3) is 0 Å². The molecule has 58 valence electrons. The first-order valence-electron chi connectivity index (χ1n) is 3.94. The van der Waals surface area contributed by atoms with Crippen LogP contribution in [0.1, 0.15) is 27.2 Å². The Labute approximate surface area is 62.7 Å². The highest BCUT2D eigenvalue weighted by Crippen LogP contribution is 2.05. The Hall–Kier alpha value is -0.370. The standard InChI is InChI=1S/C8H16N2/c1-7-6-8(2,3)10-5-4-9-7/h10H,4-6H2,1-3H3/p+1. The van der Waals surface area contributed by atoms with Gasteiger partial charge in [0.05, 0.1) is 18.6 Å². The first-order chi connectivity index (χ1) is 4.60. The quantitative estimate of drug-likeness (QED) is 0.499. The molecular formula is C8H17N2+. The SMILES string of the molecule is CC1=NCC[NH2+]C(C)(C)C1. The van der Waals surface area contributed by atoms with Crippen LogP contribution in [0.3, 0.4) is 0 Å². The van der Waals surface area contributed by atoms with E-state index in [4.69, 9.17) is 0 Å². The average molecular weight is 141 g/mol. The molecule has 0 aromatic rings. The summed E-state index contributed by atoms with van der Waals surface area (Å²) in [6.45, 7) is 8.81. The largest absolute Gasteiger partial charge is 0.340 e. The van der Waals surface area contributed by atoms with E-state index in [0.29, 0.717) is 5.54 Å². The normalized spacial score (nSPS) is 25.3. The minimum atomic E-state index is 0.379. The second-order valence-electron chi connectivity index (χ2n) is 3.78. The van der Waals surface area contributed by atoms with E-state index in [2.05, 4.69) is 31.1 Å². The molecule has 0 unspecified atom stereocenters. The molecule has 0 bridgehead atoms. The number of rotatable bonds is 0. The van der Waals surface area contributed by atoms with Crippen molar-refractivity contribution in [2.45, 2.75) is 32.7 Å². The van der Waals surface area contributed by atoms with Crippen LogP contribution in [-0.2, 0) is 0 Å². The number of nitrogens with zero attached hydrogens (tertiary/aromatic N) is 1. The lowest BCUT2D eigenvalue weighted by molar-refractivity contribution is -0.716. The molecule has 1 rings (SSSR count). The number of aliphatic imine (C=N–C) groups is 1. The van der Waals surface area contributed by atoms with E-state index in [-0.39, 0.29) is 0 Å². The Kier molecular flexibility index (Phi) is 2.09. The van der Waals surface area contributed by atoms with Gasteiger partial charge in [-0.15, -0.1) is 0 Å². The topological polar surface area (TPSA) is 29.0 Å². The molecule has 0 amide bonds. The highest BCUT2D eigenvalue weighted by Gasteiger charge is 2.23. The van der Waals surface area contributed by atoms with E-state index in [0.717, 1.165) is 19.5 Å². The van der Waals surface area contributed by atoms with E-state index < -0.39 is 0 Å². The molecule has 0 saturated heterocycles. The van der Waals surface area contributed by atoms with Crippen molar-refractivity contribution in [1.29, 1.82) is 0 Å². The lowest BCUT2D eigenvalue weighted by Crippen LogP contribution is -2.95. The van der Waals surface area contributed by atoms with Crippen molar-refractivity contribution in [3.8, 4) is 0 Å². The van der Waals surface area contributed by atoms with Gasteiger partial charge in [0.2, 0.25) is 0 Å². The van der Waals surface area contributed by atoms with Gasteiger partial charge < -0.3 is 5.32 Å². The van der Waals surface area contributed by atoms with Crippen LogP contribution in [-0.4, -0.2) is 24.3 Å². The molecule has 10 heavy (non-hydrogen) atoms. The molecule has 2 N–H and O–H groups in total. The zero-order valence-electron chi connectivity index (χ0n) is 7.15. The molecule has 2 heteroatoms. The van der Waals surface area contributed by atoms with Gasteiger partial charge in [-0.2, -0.15) is 0 Å². The fourth-order valence-corrected chi connectivity index (χ4v) is 1.50. The van der Waals surface area contributed by atoms with Crippen LogP contribution in [0.25, 0.3) is 0 Å². The first-order valence-corrected chi connectivity index (χ1v) is 3.94. The van der Waals surface area contributed by atoms with Gasteiger partial charge in [0.15, 0.2) is 0 Å². The zero-order chi connectivity index (χ0) is 7.61. The van der Waals surface area contributed by atoms with Crippen LogP contribution < -0.4 is 5.32 Å². The molecule has 0 aromatic carbocycles. The fourth-order valence-electron chi connectivity index (χ4n) is 1.50. The van der Waals surface area contributed by atoms with Crippen molar-refractivity contribution in [2.75, 3.05) is 13.1 Å². The number of hydrogen-bond donors (Lipinski definition) is 1. The van der Waals surface area contributed by atoms with Crippen LogP contribution in [0.4, 0.5) is 0 Å². The summed E-state index contributed by atoms with van der Waals surface area (Å²) in [6, 6.07) is 0. The second-order valence-corrected chi connectivity index (χ2v) is 3.78. The van der Waals surface area contributed by atoms with Crippen LogP contribution in [0.5, 0.6) is 0 Å². The summed E-state index contributed by atoms with van der Waals surface area (Å²) < 4.78 is 0. The molecule has 1 aliphatic heterocycles. The van der Waals surface area contributed by atoms with E-state index >= 15 is 0 Å². The lowest BCUT2D eigenvalue weighted by Gasteiger charge is -2.19. The van der Waals surface area contributed by atoms with Crippen molar-refractivity contribution in [3.63, 3.8) is 0 Å². The highest BCUT2D eigenvalue weighted by atomic mass is 15.0. The van der Waals surface area contributed by atoms with Crippen LogP contribution in [0.2, 0.25) is 0 Å². The molecule has 0 spiro atoms. The van der Waals surface area contributed by atoms with Crippen LogP contribution in [0.15, 0.2) is 4.99 Å².